The van der Waals surface area contributed by atoms with Gasteiger partial charge in [0.1, 0.15) is 0 Å². The average Bonchev–Trinajstić information content (AvgIpc) is 2.45. The number of carbonyl (C=O) groups excluding carboxylic acids is 1. The van der Waals surface area contributed by atoms with E-state index in [0.717, 1.165) is 35.3 Å². The summed E-state index contributed by atoms with van der Waals surface area (Å²) < 4.78 is 0. The molecule has 0 spiro atoms. The molecule has 1 N–H and O–H groups in total. The van der Waals surface area contributed by atoms with Crippen molar-refractivity contribution in [2.75, 3.05) is 0 Å². The van der Waals surface area contributed by atoms with Crippen molar-refractivity contribution in [3.63, 3.8) is 0 Å². The van der Waals surface area contributed by atoms with Gasteiger partial charge in [-0.2, -0.15) is 5.10 Å². The van der Waals surface area contributed by atoms with Crippen molar-refractivity contribution in [3.8, 4) is 0 Å². The largest absolute Gasteiger partial charge is 0.271 e. The Kier molecular flexibility index (Phi) is 4.73. The normalized spacial score (nSPS) is 20.0. The first kappa shape index (κ1) is 15.2. The van der Waals surface area contributed by atoms with Crippen LogP contribution in [0.2, 0.25) is 0 Å². The van der Waals surface area contributed by atoms with E-state index in [2.05, 4.69) is 23.2 Å². The molecule has 1 aliphatic carbocycles. The van der Waals surface area contributed by atoms with E-state index in [4.69, 9.17) is 0 Å². The Bertz CT molecular complexity index is 626. The minimum Gasteiger partial charge on any atom is -0.267 e. The Balaban J connectivity index is 2.09. The van der Waals surface area contributed by atoms with E-state index in [9.17, 15) is 4.79 Å². The number of hydrogen-bond donors (Lipinski definition) is 1. The first-order valence-electron chi connectivity index (χ1n) is 7.23. The summed E-state index contributed by atoms with van der Waals surface area (Å²) in [5.74, 6) is 0.250. The smallest absolute Gasteiger partial charge is 0.267 e. The summed E-state index contributed by atoms with van der Waals surface area (Å²) in [5, 5.41) is 4.31. The van der Waals surface area contributed by atoms with E-state index in [1.54, 1.807) is 6.07 Å². The lowest BCUT2D eigenvalue weighted by molar-refractivity contribution is 0.0954. The van der Waals surface area contributed by atoms with E-state index < -0.39 is 0 Å². The molecule has 0 aliphatic heterocycles. The van der Waals surface area contributed by atoms with Gasteiger partial charge in [0.25, 0.3) is 5.91 Å². The summed E-state index contributed by atoms with van der Waals surface area (Å²) in [7, 11) is 0. The second-order valence-corrected chi connectivity index (χ2v) is 5.74. The third-order valence-corrected chi connectivity index (χ3v) is 3.87. The first-order chi connectivity index (χ1) is 9.97. The zero-order chi connectivity index (χ0) is 15.4. The van der Waals surface area contributed by atoms with Gasteiger partial charge >= 0.3 is 0 Å². The second kappa shape index (κ2) is 6.53. The Morgan fingerprint density at radius 1 is 1.38 bits per heavy atom. The van der Waals surface area contributed by atoms with Crippen LogP contribution in [0.1, 0.15) is 42.6 Å². The van der Waals surface area contributed by atoms with Gasteiger partial charge in [0.05, 0.1) is 5.71 Å². The molecule has 0 fully saturated rings. The predicted octanol–water partition coefficient (Wildman–Crippen LogP) is 4.01. The molecular formula is C18H22N2O. The molecule has 1 atom stereocenters. The van der Waals surface area contributed by atoms with Crippen molar-refractivity contribution in [2.24, 2.45) is 11.0 Å². The SMILES string of the molecule is C=C(C)[C@@H]1CC=C(C)/C(=N\NC(=O)c2cccc(C)c2)C1. The predicted molar refractivity (Wildman–Crippen MR) is 87.4 cm³/mol. The highest BCUT2D eigenvalue weighted by molar-refractivity contribution is 6.02. The van der Waals surface area contributed by atoms with Crippen LogP contribution in [0.3, 0.4) is 0 Å². The summed E-state index contributed by atoms with van der Waals surface area (Å²) in [6.07, 6.45) is 4.01. The number of carbonyl (C=O) groups is 1. The molecule has 110 valence electrons. The molecule has 3 heteroatoms. The molecular weight excluding hydrogens is 260 g/mol. The van der Waals surface area contributed by atoms with Gasteiger partial charge in [-0.1, -0.05) is 35.9 Å². The molecule has 0 unspecified atom stereocenters. The van der Waals surface area contributed by atoms with Gasteiger partial charge in [-0.15, -0.1) is 0 Å². The molecule has 0 saturated heterocycles. The maximum Gasteiger partial charge on any atom is 0.271 e. The van der Waals surface area contributed by atoms with Crippen molar-refractivity contribution >= 4 is 11.6 Å². The molecule has 0 bridgehead atoms. The van der Waals surface area contributed by atoms with Crippen LogP contribution in [0.25, 0.3) is 0 Å². The summed E-state index contributed by atoms with van der Waals surface area (Å²) in [4.78, 5) is 12.1. The van der Waals surface area contributed by atoms with Gasteiger partial charge in [0.2, 0.25) is 0 Å². The summed E-state index contributed by atoms with van der Waals surface area (Å²) >= 11 is 0. The Morgan fingerprint density at radius 3 is 2.81 bits per heavy atom. The van der Waals surface area contributed by atoms with Gasteiger partial charge in [-0.3, -0.25) is 4.79 Å². The number of nitrogens with zero attached hydrogens (tertiary/aromatic N) is 1. The number of aryl methyl sites for hydroxylation is 1. The van der Waals surface area contributed by atoms with Crippen LogP contribution >= 0.6 is 0 Å². The molecule has 0 radical (unpaired) electrons. The summed E-state index contributed by atoms with van der Waals surface area (Å²) in [6.45, 7) is 10.1. The zero-order valence-corrected chi connectivity index (χ0v) is 12.9. The van der Waals surface area contributed by atoms with Crippen LogP contribution in [0.5, 0.6) is 0 Å². The molecule has 1 aliphatic rings. The fourth-order valence-electron chi connectivity index (χ4n) is 2.39. The van der Waals surface area contributed by atoms with Crippen molar-refractivity contribution in [3.05, 3.63) is 59.2 Å². The van der Waals surface area contributed by atoms with E-state index >= 15 is 0 Å². The Morgan fingerprint density at radius 2 is 2.14 bits per heavy atom. The van der Waals surface area contributed by atoms with Gasteiger partial charge < -0.3 is 0 Å². The van der Waals surface area contributed by atoms with Gasteiger partial charge in [-0.25, -0.2) is 5.43 Å². The highest BCUT2D eigenvalue weighted by Crippen LogP contribution is 2.26. The molecule has 0 saturated carbocycles. The number of hydrogen-bond acceptors (Lipinski definition) is 2. The van der Waals surface area contributed by atoms with E-state index in [0.29, 0.717) is 11.5 Å². The molecule has 1 aromatic rings. The third kappa shape index (κ3) is 3.91. The first-order valence-corrected chi connectivity index (χ1v) is 7.23. The van der Waals surface area contributed by atoms with Crippen molar-refractivity contribution < 1.29 is 4.79 Å². The minimum atomic E-state index is -0.170. The van der Waals surface area contributed by atoms with Gasteiger partial charge in [-0.05, 0) is 57.2 Å². The molecule has 21 heavy (non-hydrogen) atoms. The topological polar surface area (TPSA) is 41.5 Å². The maximum atomic E-state index is 12.1. The van der Waals surface area contributed by atoms with Crippen LogP contribution in [-0.4, -0.2) is 11.6 Å². The Labute approximate surface area is 126 Å². The van der Waals surface area contributed by atoms with Crippen molar-refractivity contribution in [1.82, 2.24) is 5.43 Å². The molecule has 3 nitrogen and oxygen atoms in total. The third-order valence-electron chi connectivity index (χ3n) is 3.87. The van der Waals surface area contributed by atoms with Crippen LogP contribution in [0.15, 0.2) is 53.2 Å². The van der Waals surface area contributed by atoms with Crippen molar-refractivity contribution in [2.45, 2.75) is 33.6 Å². The van der Waals surface area contributed by atoms with E-state index in [1.165, 1.54) is 0 Å². The van der Waals surface area contributed by atoms with Crippen LogP contribution in [-0.2, 0) is 0 Å². The number of hydrazone groups is 1. The summed E-state index contributed by atoms with van der Waals surface area (Å²) in [6, 6.07) is 7.49. The lowest BCUT2D eigenvalue weighted by atomic mass is 9.85. The second-order valence-electron chi connectivity index (χ2n) is 5.74. The van der Waals surface area contributed by atoms with Gasteiger partial charge in [0.15, 0.2) is 0 Å². The molecule has 0 heterocycles. The lowest BCUT2D eigenvalue weighted by Gasteiger charge is -2.22. The van der Waals surface area contributed by atoms with Crippen molar-refractivity contribution in [1.29, 1.82) is 0 Å². The Hall–Kier alpha value is -2.16. The van der Waals surface area contributed by atoms with Gasteiger partial charge in [0, 0.05) is 5.56 Å². The monoisotopic (exact) mass is 282 g/mol. The van der Waals surface area contributed by atoms with Crippen LogP contribution in [0, 0.1) is 12.8 Å². The van der Waals surface area contributed by atoms with E-state index in [-0.39, 0.29) is 5.91 Å². The highest BCUT2D eigenvalue weighted by atomic mass is 16.2. The fraction of sp³-hybridized carbons (Fsp3) is 0.333. The van der Waals surface area contributed by atoms with Crippen LogP contribution in [0.4, 0.5) is 0 Å². The lowest BCUT2D eigenvalue weighted by Crippen LogP contribution is -2.23. The molecule has 0 aromatic heterocycles. The number of allylic oxidation sites excluding steroid dienone is 3. The highest BCUT2D eigenvalue weighted by Gasteiger charge is 2.18. The standard InChI is InChI=1S/C18H22N2O/c1-12(2)15-9-8-14(4)17(11-15)19-20-18(21)16-7-5-6-13(3)10-16/h5-8,10,15H,1,9,11H2,2-4H3,(H,20,21)/b19-17-/t15-/m1/s1. The number of rotatable bonds is 3. The molecule has 2 rings (SSSR count). The van der Waals surface area contributed by atoms with E-state index in [1.807, 2.05) is 39.0 Å². The quantitative estimate of drug-likeness (QED) is 0.660. The van der Waals surface area contributed by atoms with Crippen LogP contribution < -0.4 is 5.43 Å². The number of benzene rings is 1. The minimum absolute atomic E-state index is 0.170. The zero-order valence-electron chi connectivity index (χ0n) is 12.9. The fourth-order valence-corrected chi connectivity index (χ4v) is 2.39. The number of nitrogens with one attached hydrogen (secondary N) is 1. The molecule has 1 amide bonds. The maximum absolute atomic E-state index is 12.1. The summed E-state index contributed by atoms with van der Waals surface area (Å²) in [5.41, 5.74) is 7.60. The molecule has 1 aromatic carbocycles. The number of amides is 1. The average molecular weight is 282 g/mol.